The van der Waals surface area contributed by atoms with E-state index >= 15 is 0 Å². The summed E-state index contributed by atoms with van der Waals surface area (Å²) in [5.41, 5.74) is 1.98. The Morgan fingerprint density at radius 3 is 2.33 bits per heavy atom. The van der Waals surface area contributed by atoms with Gasteiger partial charge in [-0.3, -0.25) is 4.79 Å². The third-order valence-corrected chi connectivity index (χ3v) is 2.76. The smallest absolute Gasteiger partial charge is 0.160 e. The van der Waals surface area contributed by atoms with Crippen molar-refractivity contribution in [1.29, 1.82) is 0 Å². The third kappa shape index (κ3) is 2.40. The highest BCUT2D eigenvalue weighted by molar-refractivity contribution is 6.00. The molecule has 0 saturated heterocycles. The van der Waals surface area contributed by atoms with Crippen molar-refractivity contribution >= 4 is 5.78 Å². The summed E-state index contributed by atoms with van der Waals surface area (Å²) >= 11 is 0. The second kappa shape index (κ2) is 5.00. The van der Waals surface area contributed by atoms with Crippen LogP contribution in [0.5, 0.6) is 5.75 Å². The molecule has 0 N–H and O–H groups in total. The molecular formula is C15H13FO2. The summed E-state index contributed by atoms with van der Waals surface area (Å²) in [6.07, 6.45) is 0. The zero-order valence-electron chi connectivity index (χ0n) is 10.2. The van der Waals surface area contributed by atoms with Gasteiger partial charge in [-0.15, -0.1) is 0 Å². The summed E-state index contributed by atoms with van der Waals surface area (Å²) in [5, 5.41) is 0. The standard InChI is InChI=1S/C15H13FO2/c1-10(17)15-9-12(16)5-8-14(15)11-3-6-13(18-2)7-4-11/h3-9H,1-2H3. The van der Waals surface area contributed by atoms with Crippen molar-refractivity contribution in [2.45, 2.75) is 6.92 Å². The Labute approximate surface area is 105 Å². The molecule has 0 atom stereocenters. The molecule has 0 aliphatic heterocycles. The topological polar surface area (TPSA) is 26.3 Å². The van der Waals surface area contributed by atoms with Crippen LogP contribution in [0.2, 0.25) is 0 Å². The van der Waals surface area contributed by atoms with E-state index < -0.39 is 5.82 Å². The lowest BCUT2D eigenvalue weighted by Gasteiger charge is -2.08. The van der Waals surface area contributed by atoms with Gasteiger partial charge in [0, 0.05) is 5.56 Å². The molecule has 2 nitrogen and oxygen atoms in total. The highest BCUT2D eigenvalue weighted by Gasteiger charge is 2.10. The van der Waals surface area contributed by atoms with Gasteiger partial charge in [0.25, 0.3) is 0 Å². The fourth-order valence-corrected chi connectivity index (χ4v) is 1.83. The maximum absolute atomic E-state index is 13.2. The maximum Gasteiger partial charge on any atom is 0.160 e. The highest BCUT2D eigenvalue weighted by Crippen LogP contribution is 2.26. The number of methoxy groups -OCH3 is 1. The molecule has 2 aromatic rings. The Bertz CT molecular complexity index is 574. The van der Waals surface area contributed by atoms with Gasteiger partial charge in [-0.1, -0.05) is 18.2 Å². The van der Waals surface area contributed by atoms with E-state index in [-0.39, 0.29) is 5.78 Å². The Morgan fingerprint density at radius 2 is 1.78 bits per heavy atom. The molecule has 0 aliphatic carbocycles. The van der Waals surface area contributed by atoms with Crippen molar-refractivity contribution in [2.75, 3.05) is 7.11 Å². The minimum Gasteiger partial charge on any atom is -0.497 e. The monoisotopic (exact) mass is 244 g/mol. The van der Waals surface area contributed by atoms with E-state index in [2.05, 4.69) is 0 Å². The normalized spacial score (nSPS) is 10.2. The van der Waals surface area contributed by atoms with Crippen molar-refractivity contribution in [1.82, 2.24) is 0 Å². The summed E-state index contributed by atoms with van der Waals surface area (Å²) in [6, 6.07) is 11.5. The van der Waals surface area contributed by atoms with Crippen LogP contribution in [0, 0.1) is 5.82 Å². The molecule has 0 bridgehead atoms. The summed E-state index contributed by atoms with van der Waals surface area (Å²) in [4.78, 5) is 11.5. The van der Waals surface area contributed by atoms with Gasteiger partial charge in [-0.25, -0.2) is 4.39 Å². The molecule has 92 valence electrons. The van der Waals surface area contributed by atoms with Crippen LogP contribution < -0.4 is 4.74 Å². The number of hydrogen-bond acceptors (Lipinski definition) is 2. The van der Waals surface area contributed by atoms with E-state index in [4.69, 9.17) is 4.74 Å². The first kappa shape index (κ1) is 12.3. The number of benzene rings is 2. The van der Waals surface area contributed by atoms with Crippen LogP contribution in [-0.2, 0) is 0 Å². The first-order valence-corrected chi connectivity index (χ1v) is 5.56. The third-order valence-electron chi connectivity index (χ3n) is 2.76. The van der Waals surface area contributed by atoms with E-state index in [9.17, 15) is 9.18 Å². The Hall–Kier alpha value is -2.16. The molecule has 0 aromatic heterocycles. The largest absolute Gasteiger partial charge is 0.497 e. The van der Waals surface area contributed by atoms with Crippen molar-refractivity contribution in [3.05, 3.63) is 53.8 Å². The van der Waals surface area contributed by atoms with Crippen LogP contribution in [-0.4, -0.2) is 12.9 Å². The molecule has 0 fully saturated rings. The average molecular weight is 244 g/mol. The summed E-state index contributed by atoms with van der Waals surface area (Å²) in [5.74, 6) is 0.183. The predicted octanol–water partition coefficient (Wildman–Crippen LogP) is 3.70. The number of hydrogen-bond donors (Lipinski definition) is 0. The van der Waals surface area contributed by atoms with Crippen LogP contribution in [0.25, 0.3) is 11.1 Å². The van der Waals surface area contributed by atoms with Crippen molar-refractivity contribution < 1.29 is 13.9 Å². The molecule has 0 spiro atoms. The number of carbonyl (C=O) groups excluding carboxylic acids is 1. The minimum atomic E-state index is -0.405. The second-order valence-electron chi connectivity index (χ2n) is 3.97. The minimum absolute atomic E-state index is 0.152. The summed E-state index contributed by atoms with van der Waals surface area (Å²) in [7, 11) is 1.59. The molecule has 2 rings (SSSR count). The van der Waals surface area contributed by atoms with Crippen LogP contribution >= 0.6 is 0 Å². The summed E-state index contributed by atoms with van der Waals surface area (Å²) < 4.78 is 18.2. The number of Topliss-reactive ketones (excluding diaryl/α,β-unsaturated/α-hetero) is 1. The van der Waals surface area contributed by atoms with Gasteiger partial charge in [-0.05, 0) is 42.3 Å². The van der Waals surface area contributed by atoms with E-state index in [1.54, 1.807) is 13.2 Å². The molecule has 0 amide bonds. The highest BCUT2D eigenvalue weighted by atomic mass is 19.1. The van der Waals surface area contributed by atoms with Crippen molar-refractivity contribution in [3.63, 3.8) is 0 Å². The molecule has 0 unspecified atom stereocenters. The number of halogens is 1. The lowest BCUT2D eigenvalue weighted by atomic mass is 9.97. The molecule has 18 heavy (non-hydrogen) atoms. The number of ether oxygens (including phenoxy) is 1. The van der Waals surface area contributed by atoms with Crippen molar-refractivity contribution in [2.24, 2.45) is 0 Å². The number of ketones is 1. The fourth-order valence-electron chi connectivity index (χ4n) is 1.83. The SMILES string of the molecule is COc1ccc(-c2ccc(F)cc2C(C)=O)cc1. The predicted molar refractivity (Wildman–Crippen MR) is 68.4 cm³/mol. The molecule has 0 radical (unpaired) electrons. The fraction of sp³-hybridized carbons (Fsp3) is 0.133. The first-order chi connectivity index (χ1) is 8.61. The summed E-state index contributed by atoms with van der Waals surface area (Å²) in [6.45, 7) is 1.43. The quantitative estimate of drug-likeness (QED) is 0.769. The van der Waals surface area contributed by atoms with Crippen LogP contribution in [0.3, 0.4) is 0 Å². The second-order valence-corrected chi connectivity index (χ2v) is 3.97. The lowest BCUT2D eigenvalue weighted by molar-refractivity contribution is 0.101. The molecule has 0 aliphatic rings. The van der Waals surface area contributed by atoms with E-state index in [1.165, 1.54) is 19.1 Å². The van der Waals surface area contributed by atoms with Gasteiger partial charge < -0.3 is 4.74 Å². The Kier molecular flexibility index (Phi) is 3.42. The average Bonchev–Trinajstić information content (AvgIpc) is 2.39. The van der Waals surface area contributed by atoms with Crippen molar-refractivity contribution in [3.8, 4) is 16.9 Å². The van der Waals surface area contributed by atoms with E-state index in [0.717, 1.165) is 16.9 Å². The van der Waals surface area contributed by atoms with E-state index in [0.29, 0.717) is 5.56 Å². The Morgan fingerprint density at radius 1 is 1.11 bits per heavy atom. The zero-order chi connectivity index (χ0) is 13.1. The van der Waals surface area contributed by atoms with Gasteiger partial charge in [-0.2, -0.15) is 0 Å². The first-order valence-electron chi connectivity index (χ1n) is 5.56. The number of rotatable bonds is 3. The molecule has 3 heteroatoms. The number of carbonyl (C=O) groups is 1. The molecule has 2 aromatic carbocycles. The lowest BCUT2D eigenvalue weighted by Crippen LogP contribution is -1.97. The van der Waals surface area contributed by atoms with Gasteiger partial charge in [0.2, 0.25) is 0 Å². The van der Waals surface area contributed by atoms with Crippen LogP contribution in [0.1, 0.15) is 17.3 Å². The van der Waals surface area contributed by atoms with Gasteiger partial charge in [0.15, 0.2) is 5.78 Å². The molecular weight excluding hydrogens is 231 g/mol. The Balaban J connectivity index is 2.52. The van der Waals surface area contributed by atoms with Crippen LogP contribution in [0.4, 0.5) is 4.39 Å². The van der Waals surface area contributed by atoms with E-state index in [1.807, 2.05) is 24.3 Å². The van der Waals surface area contributed by atoms with Gasteiger partial charge in [0.1, 0.15) is 11.6 Å². The van der Waals surface area contributed by atoms with Gasteiger partial charge >= 0.3 is 0 Å². The van der Waals surface area contributed by atoms with Crippen LogP contribution in [0.15, 0.2) is 42.5 Å². The molecule has 0 saturated carbocycles. The zero-order valence-corrected chi connectivity index (χ0v) is 10.2. The van der Waals surface area contributed by atoms with Gasteiger partial charge in [0.05, 0.1) is 7.11 Å². The maximum atomic E-state index is 13.2. The molecule has 0 heterocycles.